The number of likely N-dealkylation sites (N-methyl/N-ethyl adjacent to an activating group) is 1. The molecule has 5 heteroatoms. The number of thiazole rings is 1. The maximum absolute atomic E-state index is 4.57. The summed E-state index contributed by atoms with van der Waals surface area (Å²) < 4.78 is 2.42. The zero-order chi connectivity index (χ0) is 13.8. The molecule has 1 unspecified atom stereocenters. The zero-order valence-electron chi connectivity index (χ0n) is 10.9. The van der Waals surface area contributed by atoms with Gasteiger partial charge in [0.15, 0.2) is 0 Å². The summed E-state index contributed by atoms with van der Waals surface area (Å²) in [5.41, 5.74) is 2.51. The lowest BCUT2D eigenvalue weighted by atomic mass is 10.0. The second-order valence-electron chi connectivity index (χ2n) is 4.34. The highest BCUT2D eigenvalue weighted by Gasteiger charge is 2.16. The molecular formula is C14H16BrIN2S. The van der Waals surface area contributed by atoms with Crippen LogP contribution in [0.25, 0.3) is 0 Å². The highest BCUT2D eigenvalue weighted by molar-refractivity contribution is 14.1. The van der Waals surface area contributed by atoms with Gasteiger partial charge in [0.05, 0.1) is 10.7 Å². The number of hydrogen-bond donors (Lipinski definition) is 1. The van der Waals surface area contributed by atoms with Gasteiger partial charge in [-0.1, -0.05) is 22.9 Å². The van der Waals surface area contributed by atoms with Crippen LogP contribution in [-0.4, -0.2) is 11.5 Å². The van der Waals surface area contributed by atoms with Gasteiger partial charge < -0.3 is 5.32 Å². The van der Waals surface area contributed by atoms with Crippen LogP contribution in [0.15, 0.2) is 28.1 Å². The molecule has 1 aromatic heterocycles. The second kappa shape index (κ2) is 7.15. The van der Waals surface area contributed by atoms with E-state index < -0.39 is 0 Å². The van der Waals surface area contributed by atoms with Crippen LogP contribution in [0.1, 0.15) is 29.2 Å². The number of aryl methyl sites for hydroxylation is 1. The molecule has 0 aliphatic rings. The van der Waals surface area contributed by atoms with E-state index in [2.05, 4.69) is 86.2 Å². The van der Waals surface area contributed by atoms with Crippen molar-refractivity contribution in [1.82, 2.24) is 10.3 Å². The van der Waals surface area contributed by atoms with Crippen molar-refractivity contribution in [2.24, 2.45) is 0 Å². The molecule has 1 aromatic carbocycles. The van der Waals surface area contributed by atoms with E-state index in [0.717, 1.165) is 22.4 Å². The number of benzene rings is 1. The Morgan fingerprint density at radius 1 is 1.47 bits per heavy atom. The summed E-state index contributed by atoms with van der Waals surface area (Å²) in [6.07, 6.45) is 0.935. The number of nitrogens with zero attached hydrogens (tertiary/aromatic N) is 1. The van der Waals surface area contributed by atoms with Crippen molar-refractivity contribution in [2.75, 3.05) is 6.54 Å². The Labute approximate surface area is 140 Å². The number of nitrogens with one attached hydrogen (secondary N) is 1. The maximum atomic E-state index is 4.57. The third-order valence-corrected chi connectivity index (χ3v) is 5.16. The van der Waals surface area contributed by atoms with Crippen LogP contribution in [0.2, 0.25) is 0 Å². The average Bonchev–Trinajstić information content (AvgIpc) is 2.77. The monoisotopic (exact) mass is 450 g/mol. The Kier molecular flexibility index (Phi) is 5.80. The van der Waals surface area contributed by atoms with Gasteiger partial charge in [-0.3, -0.25) is 0 Å². The molecular weight excluding hydrogens is 435 g/mol. The largest absolute Gasteiger partial charge is 0.310 e. The fourth-order valence-electron chi connectivity index (χ4n) is 2.03. The summed E-state index contributed by atoms with van der Waals surface area (Å²) in [6.45, 7) is 5.15. The molecule has 0 aliphatic heterocycles. The lowest BCUT2D eigenvalue weighted by molar-refractivity contribution is 0.542. The highest BCUT2D eigenvalue weighted by atomic mass is 127. The molecule has 0 radical (unpaired) electrons. The molecule has 19 heavy (non-hydrogen) atoms. The Morgan fingerprint density at radius 2 is 2.26 bits per heavy atom. The quantitative estimate of drug-likeness (QED) is 0.667. The summed E-state index contributed by atoms with van der Waals surface area (Å²) >= 11 is 7.68. The van der Waals surface area contributed by atoms with Crippen LogP contribution in [0.4, 0.5) is 0 Å². The van der Waals surface area contributed by atoms with E-state index in [1.54, 1.807) is 11.3 Å². The Balaban J connectivity index is 2.26. The molecule has 1 heterocycles. The molecule has 2 aromatic rings. The molecule has 0 amide bonds. The van der Waals surface area contributed by atoms with Crippen LogP contribution in [0, 0.1) is 10.5 Å². The summed E-state index contributed by atoms with van der Waals surface area (Å²) in [5, 5.41) is 6.85. The van der Waals surface area contributed by atoms with Gasteiger partial charge in [-0.05, 0) is 59.8 Å². The van der Waals surface area contributed by atoms with E-state index in [0.29, 0.717) is 6.04 Å². The van der Waals surface area contributed by atoms with Crippen LogP contribution in [0.3, 0.4) is 0 Å². The molecule has 1 N–H and O–H groups in total. The smallest absolute Gasteiger partial charge is 0.0897 e. The molecule has 2 nitrogen and oxygen atoms in total. The van der Waals surface area contributed by atoms with Gasteiger partial charge in [0, 0.05) is 25.9 Å². The van der Waals surface area contributed by atoms with E-state index in [-0.39, 0.29) is 0 Å². The van der Waals surface area contributed by atoms with Gasteiger partial charge in [0.25, 0.3) is 0 Å². The van der Waals surface area contributed by atoms with Crippen molar-refractivity contribution in [3.8, 4) is 0 Å². The molecule has 0 spiro atoms. The van der Waals surface area contributed by atoms with Crippen molar-refractivity contribution in [1.29, 1.82) is 0 Å². The van der Waals surface area contributed by atoms with Gasteiger partial charge >= 0.3 is 0 Å². The van der Waals surface area contributed by atoms with Gasteiger partial charge in [-0.2, -0.15) is 0 Å². The van der Waals surface area contributed by atoms with Crippen LogP contribution < -0.4 is 5.32 Å². The number of rotatable bonds is 5. The fraction of sp³-hybridized carbons (Fsp3) is 0.357. The molecule has 0 bridgehead atoms. The van der Waals surface area contributed by atoms with Gasteiger partial charge in [-0.25, -0.2) is 4.98 Å². The highest BCUT2D eigenvalue weighted by Crippen LogP contribution is 2.27. The normalized spacial score (nSPS) is 12.6. The first-order valence-electron chi connectivity index (χ1n) is 6.19. The van der Waals surface area contributed by atoms with Crippen molar-refractivity contribution < 1.29 is 0 Å². The number of halogens is 2. The standard InChI is InChI=1S/C14H16BrIN2S/c1-3-17-14(7-11-8-19-9(2)18-11)12-6-10(15)4-5-13(12)16/h4-6,8,14,17H,3,7H2,1-2H3. The van der Waals surface area contributed by atoms with Crippen molar-refractivity contribution in [3.63, 3.8) is 0 Å². The van der Waals surface area contributed by atoms with E-state index in [1.807, 2.05) is 0 Å². The fourth-order valence-corrected chi connectivity index (χ4v) is 3.75. The van der Waals surface area contributed by atoms with Crippen molar-refractivity contribution in [2.45, 2.75) is 26.3 Å². The first-order valence-corrected chi connectivity index (χ1v) is 8.94. The lowest BCUT2D eigenvalue weighted by Crippen LogP contribution is -2.24. The number of hydrogen-bond acceptors (Lipinski definition) is 3. The van der Waals surface area contributed by atoms with Crippen LogP contribution >= 0.6 is 49.9 Å². The topological polar surface area (TPSA) is 24.9 Å². The number of aromatic nitrogens is 1. The zero-order valence-corrected chi connectivity index (χ0v) is 15.5. The molecule has 0 saturated heterocycles. The Bertz CT molecular complexity index is 556. The SMILES string of the molecule is CCNC(Cc1csc(C)n1)c1cc(Br)ccc1I. The van der Waals surface area contributed by atoms with Crippen molar-refractivity contribution in [3.05, 3.63) is 47.9 Å². The first-order chi connectivity index (χ1) is 9.10. The van der Waals surface area contributed by atoms with Crippen LogP contribution in [0.5, 0.6) is 0 Å². The minimum atomic E-state index is 0.316. The predicted molar refractivity (Wildman–Crippen MR) is 93.8 cm³/mol. The van der Waals surface area contributed by atoms with Gasteiger partial charge in [0.2, 0.25) is 0 Å². The van der Waals surface area contributed by atoms with E-state index >= 15 is 0 Å². The van der Waals surface area contributed by atoms with Gasteiger partial charge in [0.1, 0.15) is 0 Å². The molecule has 0 fully saturated rings. The third-order valence-electron chi connectivity index (χ3n) is 2.86. The van der Waals surface area contributed by atoms with Crippen LogP contribution in [-0.2, 0) is 6.42 Å². The summed E-state index contributed by atoms with van der Waals surface area (Å²) in [7, 11) is 0. The molecule has 0 saturated carbocycles. The Hall–Kier alpha value is 0.0200. The minimum absolute atomic E-state index is 0.316. The molecule has 102 valence electrons. The van der Waals surface area contributed by atoms with E-state index in [1.165, 1.54) is 14.8 Å². The molecule has 2 rings (SSSR count). The second-order valence-corrected chi connectivity index (χ2v) is 7.48. The van der Waals surface area contributed by atoms with Gasteiger partial charge in [-0.15, -0.1) is 11.3 Å². The molecule has 1 atom stereocenters. The summed E-state index contributed by atoms with van der Waals surface area (Å²) in [4.78, 5) is 4.57. The molecule has 0 aliphatic carbocycles. The predicted octanol–water partition coefficient (Wildman–Crippen LogP) is 4.71. The van der Waals surface area contributed by atoms with E-state index in [9.17, 15) is 0 Å². The third kappa shape index (κ3) is 4.24. The first kappa shape index (κ1) is 15.4. The lowest BCUT2D eigenvalue weighted by Gasteiger charge is -2.19. The summed E-state index contributed by atoms with van der Waals surface area (Å²) in [5.74, 6) is 0. The average molecular weight is 451 g/mol. The summed E-state index contributed by atoms with van der Waals surface area (Å²) in [6, 6.07) is 6.75. The minimum Gasteiger partial charge on any atom is -0.310 e. The van der Waals surface area contributed by atoms with E-state index in [4.69, 9.17) is 0 Å². The Morgan fingerprint density at radius 3 is 2.89 bits per heavy atom. The van der Waals surface area contributed by atoms with Crippen molar-refractivity contribution >= 4 is 49.9 Å². The maximum Gasteiger partial charge on any atom is 0.0897 e.